The van der Waals surface area contributed by atoms with Crippen molar-refractivity contribution in [2.75, 3.05) is 12.9 Å². The van der Waals surface area contributed by atoms with Crippen molar-refractivity contribution in [3.8, 4) is 0 Å². The highest BCUT2D eigenvalue weighted by molar-refractivity contribution is 7.92. The molecule has 5 heteroatoms. The molecule has 90 valence electrons. The van der Waals surface area contributed by atoms with Gasteiger partial charge in [0.1, 0.15) is 6.61 Å². The summed E-state index contributed by atoms with van der Waals surface area (Å²) in [6, 6.07) is 8.54. The number of rotatable bonds is 2. The first-order valence-corrected chi connectivity index (χ1v) is 6.90. The molecule has 1 unspecified atom stereocenters. The van der Waals surface area contributed by atoms with Gasteiger partial charge < -0.3 is 4.74 Å². The first kappa shape index (κ1) is 11.9. The van der Waals surface area contributed by atoms with Gasteiger partial charge in [-0.25, -0.2) is 13.2 Å². The molecule has 0 bridgehead atoms. The topological polar surface area (TPSA) is 60.4 Å². The number of carbonyl (C=O) groups is 1. The Kier molecular flexibility index (Phi) is 2.58. The van der Waals surface area contributed by atoms with Crippen LogP contribution in [0.4, 0.5) is 0 Å². The van der Waals surface area contributed by atoms with Crippen molar-refractivity contribution in [1.29, 1.82) is 0 Å². The maximum atomic E-state index is 12.0. The molecule has 2 rings (SSSR count). The van der Waals surface area contributed by atoms with Gasteiger partial charge in [-0.05, 0) is 5.56 Å². The summed E-state index contributed by atoms with van der Waals surface area (Å²) in [6.45, 7) is 3.38. The smallest absolute Gasteiger partial charge is 0.335 e. The second kappa shape index (κ2) is 3.70. The molecule has 1 saturated heterocycles. The first-order valence-electron chi connectivity index (χ1n) is 5.01. The molecule has 4 nitrogen and oxygen atoms in total. The molecule has 0 N–H and O–H groups in total. The number of benzene rings is 1. The minimum atomic E-state index is -3.54. The maximum absolute atomic E-state index is 12.0. The molecule has 0 amide bonds. The lowest BCUT2D eigenvalue weighted by atomic mass is 9.93. The van der Waals surface area contributed by atoms with Crippen LogP contribution >= 0.6 is 0 Å². The molecule has 0 spiro atoms. The lowest BCUT2D eigenvalue weighted by Crippen LogP contribution is -2.37. The number of carbonyl (C=O) groups excluding carboxylic acids is 1. The zero-order valence-electron chi connectivity index (χ0n) is 9.34. The van der Waals surface area contributed by atoms with Crippen molar-refractivity contribution in [1.82, 2.24) is 0 Å². The number of esters is 1. The fourth-order valence-corrected chi connectivity index (χ4v) is 3.38. The van der Waals surface area contributed by atoms with Crippen molar-refractivity contribution < 1.29 is 17.9 Å². The molecular formula is C12H12O4S. The summed E-state index contributed by atoms with van der Waals surface area (Å²) in [5.74, 6) is -0.653. The van der Waals surface area contributed by atoms with Crippen LogP contribution < -0.4 is 0 Å². The SMILES string of the molecule is C=C1C(=O)OCC1(c1ccccc1)S(C)(=O)=O. The number of cyclic esters (lactones) is 1. The monoisotopic (exact) mass is 252 g/mol. The summed E-state index contributed by atoms with van der Waals surface area (Å²) in [4.78, 5) is 11.4. The Hall–Kier alpha value is -1.62. The van der Waals surface area contributed by atoms with Gasteiger partial charge in [-0.1, -0.05) is 36.9 Å². The van der Waals surface area contributed by atoms with E-state index in [2.05, 4.69) is 6.58 Å². The summed E-state index contributed by atoms with van der Waals surface area (Å²) in [5.41, 5.74) is 0.490. The van der Waals surface area contributed by atoms with Crippen molar-refractivity contribution in [2.45, 2.75) is 4.75 Å². The van der Waals surface area contributed by atoms with E-state index in [9.17, 15) is 13.2 Å². The normalized spacial score (nSPS) is 24.8. The Bertz CT molecular complexity index is 574. The molecule has 1 aromatic carbocycles. The van der Waals surface area contributed by atoms with E-state index < -0.39 is 20.6 Å². The molecule has 1 aliphatic heterocycles. The Labute approximate surface area is 99.8 Å². The van der Waals surface area contributed by atoms with Crippen LogP contribution in [0.25, 0.3) is 0 Å². The van der Waals surface area contributed by atoms with Crippen LogP contribution in [0.5, 0.6) is 0 Å². The van der Waals surface area contributed by atoms with E-state index in [0.717, 1.165) is 6.26 Å². The van der Waals surface area contributed by atoms with Crippen LogP contribution in [0.1, 0.15) is 5.56 Å². The van der Waals surface area contributed by atoms with E-state index in [0.29, 0.717) is 5.56 Å². The van der Waals surface area contributed by atoms with E-state index in [1.54, 1.807) is 30.3 Å². The molecule has 1 aromatic rings. The zero-order chi connectivity index (χ0) is 12.7. The molecule has 17 heavy (non-hydrogen) atoms. The third-order valence-corrected chi connectivity index (χ3v) is 4.88. The second-order valence-corrected chi connectivity index (χ2v) is 6.26. The van der Waals surface area contributed by atoms with Crippen molar-refractivity contribution in [3.05, 3.63) is 48.0 Å². The molecule has 1 heterocycles. The first-order chi connectivity index (χ1) is 7.89. The molecule has 1 atom stereocenters. The number of hydrogen-bond donors (Lipinski definition) is 0. The summed E-state index contributed by atoms with van der Waals surface area (Å²) >= 11 is 0. The minimum Gasteiger partial charge on any atom is -0.460 e. The summed E-state index contributed by atoms with van der Waals surface area (Å²) in [7, 11) is -3.54. The molecule has 1 fully saturated rings. The Morgan fingerprint density at radius 1 is 1.29 bits per heavy atom. The number of sulfone groups is 1. The molecule has 0 saturated carbocycles. The van der Waals surface area contributed by atoms with E-state index in [-0.39, 0.29) is 12.2 Å². The lowest BCUT2D eigenvalue weighted by Gasteiger charge is -2.25. The average molecular weight is 252 g/mol. The van der Waals surface area contributed by atoms with Gasteiger partial charge in [0.15, 0.2) is 14.6 Å². The molecule has 0 aromatic heterocycles. The van der Waals surface area contributed by atoms with Gasteiger partial charge in [0.05, 0.1) is 5.57 Å². The van der Waals surface area contributed by atoms with Crippen LogP contribution in [0.3, 0.4) is 0 Å². The van der Waals surface area contributed by atoms with Gasteiger partial charge in [-0.15, -0.1) is 0 Å². The third-order valence-electron chi connectivity index (χ3n) is 3.01. The van der Waals surface area contributed by atoms with Gasteiger partial charge in [0.2, 0.25) is 0 Å². The van der Waals surface area contributed by atoms with Gasteiger partial charge in [-0.3, -0.25) is 0 Å². The standard InChI is InChI=1S/C12H12O4S/c1-9-11(13)16-8-12(9,17(2,14)15)10-6-4-3-5-7-10/h3-7H,1,8H2,2H3. The Balaban J connectivity index is 2.71. The van der Waals surface area contributed by atoms with Crippen molar-refractivity contribution in [3.63, 3.8) is 0 Å². The fourth-order valence-electron chi connectivity index (χ4n) is 2.02. The number of hydrogen-bond acceptors (Lipinski definition) is 4. The van der Waals surface area contributed by atoms with E-state index in [1.165, 1.54) is 0 Å². The van der Waals surface area contributed by atoms with Crippen LogP contribution in [0.2, 0.25) is 0 Å². The van der Waals surface area contributed by atoms with Crippen molar-refractivity contribution in [2.24, 2.45) is 0 Å². The molecule has 1 aliphatic rings. The second-order valence-electron chi connectivity index (χ2n) is 4.02. The van der Waals surface area contributed by atoms with Crippen LogP contribution in [-0.4, -0.2) is 27.2 Å². The zero-order valence-corrected chi connectivity index (χ0v) is 10.2. The predicted molar refractivity (Wildman–Crippen MR) is 63.1 cm³/mol. The molecule has 0 radical (unpaired) electrons. The van der Waals surface area contributed by atoms with E-state index >= 15 is 0 Å². The number of ether oxygens (including phenoxy) is 1. The Morgan fingerprint density at radius 3 is 2.29 bits per heavy atom. The minimum absolute atomic E-state index is 0.0220. The molecular weight excluding hydrogens is 240 g/mol. The predicted octanol–water partition coefficient (Wildman–Crippen LogP) is 1.04. The Morgan fingerprint density at radius 2 is 1.88 bits per heavy atom. The van der Waals surface area contributed by atoms with Gasteiger partial charge in [0.25, 0.3) is 0 Å². The van der Waals surface area contributed by atoms with E-state index in [4.69, 9.17) is 4.74 Å². The van der Waals surface area contributed by atoms with Crippen LogP contribution in [0, 0.1) is 0 Å². The van der Waals surface area contributed by atoms with Crippen LogP contribution in [0.15, 0.2) is 42.5 Å². The maximum Gasteiger partial charge on any atom is 0.335 e. The largest absolute Gasteiger partial charge is 0.460 e. The highest BCUT2D eigenvalue weighted by Crippen LogP contribution is 2.41. The quantitative estimate of drug-likeness (QED) is 0.583. The van der Waals surface area contributed by atoms with Crippen molar-refractivity contribution >= 4 is 15.8 Å². The highest BCUT2D eigenvalue weighted by atomic mass is 32.2. The molecule has 0 aliphatic carbocycles. The lowest BCUT2D eigenvalue weighted by molar-refractivity contribution is -0.135. The van der Waals surface area contributed by atoms with Gasteiger partial charge in [-0.2, -0.15) is 0 Å². The summed E-state index contributed by atoms with van der Waals surface area (Å²) in [6.07, 6.45) is 1.09. The van der Waals surface area contributed by atoms with Crippen LogP contribution in [-0.2, 0) is 24.1 Å². The summed E-state index contributed by atoms with van der Waals surface area (Å²) < 4.78 is 27.4. The summed E-state index contributed by atoms with van der Waals surface area (Å²) in [5, 5.41) is 0. The van der Waals surface area contributed by atoms with Gasteiger partial charge >= 0.3 is 5.97 Å². The highest BCUT2D eigenvalue weighted by Gasteiger charge is 2.53. The third kappa shape index (κ3) is 1.58. The average Bonchev–Trinajstić information content (AvgIpc) is 2.58. The van der Waals surface area contributed by atoms with Gasteiger partial charge in [0, 0.05) is 6.26 Å². The van der Waals surface area contributed by atoms with E-state index in [1.807, 2.05) is 0 Å². The fraction of sp³-hybridized carbons (Fsp3) is 0.250.